The molecule has 1 atom stereocenters. The Morgan fingerprint density at radius 3 is 2.67 bits per heavy atom. The number of hydrogen-bond acceptors (Lipinski definition) is 3. The lowest BCUT2D eigenvalue weighted by Crippen LogP contribution is -2.23. The highest BCUT2D eigenvalue weighted by Gasteiger charge is 2.15. The van der Waals surface area contributed by atoms with Gasteiger partial charge in [0.15, 0.2) is 5.16 Å². The van der Waals surface area contributed by atoms with Crippen molar-refractivity contribution in [1.82, 2.24) is 9.55 Å². The molecule has 0 fully saturated rings. The second kappa shape index (κ2) is 7.01. The number of benzene rings is 2. The van der Waals surface area contributed by atoms with E-state index in [-0.39, 0.29) is 16.6 Å². The number of thioether (sulfide) groups is 1. The van der Waals surface area contributed by atoms with Crippen molar-refractivity contribution in [2.75, 3.05) is 0 Å². The van der Waals surface area contributed by atoms with E-state index in [1.165, 1.54) is 23.9 Å². The average molecular weight is 340 g/mol. The van der Waals surface area contributed by atoms with Crippen molar-refractivity contribution in [3.63, 3.8) is 0 Å². The third kappa shape index (κ3) is 3.26. The Balaban J connectivity index is 2.04. The van der Waals surface area contributed by atoms with Crippen LogP contribution in [0.25, 0.3) is 10.9 Å². The number of nitrogens with zero attached hydrogens (tertiary/aromatic N) is 2. The van der Waals surface area contributed by atoms with Crippen LogP contribution in [0.3, 0.4) is 0 Å². The highest BCUT2D eigenvalue weighted by molar-refractivity contribution is 7.99. The fourth-order valence-corrected chi connectivity index (χ4v) is 3.53. The summed E-state index contributed by atoms with van der Waals surface area (Å²) in [5, 5.41) is 1.27. The average Bonchev–Trinajstić information content (AvgIpc) is 2.59. The lowest BCUT2D eigenvalue weighted by molar-refractivity contribution is 0.627. The Bertz CT molecular complexity index is 934. The van der Waals surface area contributed by atoms with Gasteiger partial charge in [-0.1, -0.05) is 42.1 Å². The van der Waals surface area contributed by atoms with Crippen molar-refractivity contribution in [1.29, 1.82) is 0 Å². The first-order chi connectivity index (χ1) is 11.6. The van der Waals surface area contributed by atoms with E-state index in [2.05, 4.69) is 11.6 Å². The van der Waals surface area contributed by atoms with Crippen molar-refractivity contribution >= 4 is 22.7 Å². The van der Waals surface area contributed by atoms with E-state index < -0.39 is 0 Å². The van der Waals surface area contributed by atoms with Gasteiger partial charge in [0.05, 0.1) is 10.9 Å². The molecule has 0 saturated carbocycles. The van der Waals surface area contributed by atoms with Gasteiger partial charge < -0.3 is 0 Å². The van der Waals surface area contributed by atoms with Gasteiger partial charge in [-0.3, -0.25) is 9.36 Å². The van der Waals surface area contributed by atoms with Gasteiger partial charge in [-0.05, 0) is 36.8 Å². The van der Waals surface area contributed by atoms with Crippen LogP contribution >= 0.6 is 11.8 Å². The van der Waals surface area contributed by atoms with Crippen LogP contribution in [0.5, 0.6) is 0 Å². The van der Waals surface area contributed by atoms with Gasteiger partial charge in [0, 0.05) is 11.8 Å². The minimum Gasteiger partial charge on any atom is -0.283 e. The normalized spacial score (nSPS) is 12.2. The molecule has 0 aliphatic rings. The molecule has 1 aromatic heterocycles. The van der Waals surface area contributed by atoms with E-state index in [9.17, 15) is 9.18 Å². The highest BCUT2D eigenvalue weighted by atomic mass is 32.2. The van der Waals surface area contributed by atoms with Crippen LogP contribution < -0.4 is 5.56 Å². The summed E-state index contributed by atoms with van der Waals surface area (Å²) in [6, 6.07) is 13.7. The number of halogens is 1. The monoisotopic (exact) mass is 340 g/mol. The molecule has 0 saturated heterocycles. The molecule has 122 valence electrons. The van der Waals surface area contributed by atoms with E-state index in [0.29, 0.717) is 22.6 Å². The second-order valence-corrected chi connectivity index (χ2v) is 6.74. The minimum absolute atomic E-state index is 0.0368. The summed E-state index contributed by atoms with van der Waals surface area (Å²) in [5.74, 6) is -0.261. The molecule has 3 aromatic rings. The van der Waals surface area contributed by atoms with Crippen molar-refractivity contribution < 1.29 is 4.39 Å². The maximum atomic E-state index is 13.1. The number of fused-ring (bicyclic) bond motifs is 1. The largest absolute Gasteiger partial charge is 0.283 e. The van der Waals surface area contributed by atoms with Crippen LogP contribution in [0.1, 0.15) is 17.7 Å². The predicted molar refractivity (Wildman–Crippen MR) is 96.9 cm³/mol. The summed E-state index contributed by atoms with van der Waals surface area (Å²) in [4.78, 5) is 17.4. The van der Waals surface area contributed by atoms with Crippen molar-refractivity contribution in [3.05, 3.63) is 82.9 Å². The standard InChI is InChI=1S/C19H17FN2OS/c1-3-12-22-18(23)16-6-4-5-7-17(16)21-19(22)24-13(2)14-8-10-15(20)11-9-14/h3-11,13H,1,12H2,2H3. The molecular weight excluding hydrogens is 323 g/mol. The molecule has 0 radical (unpaired) electrons. The highest BCUT2D eigenvalue weighted by Crippen LogP contribution is 2.33. The molecule has 0 aliphatic heterocycles. The molecule has 0 amide bonds. The third-order valence-electron chi connectivity index (χ3n) is 3.76. The predicted octanol–water partition coefficient (Wildman–Crippen LogP) is 4.57. The van der Waals surface area contributed by atoms with Gasteiger partial charge in [0.2, 0.25) is 0 Å². The van der Waals surface area contributed by atoms with Crippen LogP contribution in [-0.2, 0) is 6.54 Å². The van der Waals surface area contributed by atoms with Gasteiger partial charge in [-0.15, -0.1) is 6.58 Å². The molecule has 0 N–H and O–H groups in total. The molecular formula is C19H17FN2OS. The smallest absolute Gasteiger partial charge is 0.262 e. The molecule has 1 unspecified atom stereocenters. The number of aromatic nitrogens is 2. The minimum atomic E-state index is -0.261. The van der Waals surface area contributed by atoms with E-state index in [4.69, 9.17) is 0 Å². The van der Waals surface area contributed by atoms with Crippen LogP contribution in [-0.4, -0.2) is 9.55 Å². The van der Waals surface area contributed by atoms with Gasteiger partial charge >= 0.3 is 0 Å². The zero-order chi connectivity index (χ0) is 17.1. The number of hydrogen-bond donors (Lipinski definition) is 0. The lowest BCUT2D eigenvalue weighted by atomic mass is 10.2. The van der Waals surface area contributed by atoms with Crippen LogP contribution in [0, 0.1) is 5.82 Å². The van der Waals surface area contributed by atoms with Crippen molar-refractivity contribution in [3.8, 4) is 0 Å². The summed E-state index contributed by atoms with van der Waals surface area (Å²) in [7, 11) is 0. The van der Waals surface area contributed by atoms with Crippen LogP contribution in [0.4, 0.5) is 4.39 Å². The van der Waals surface area contributed by atoms with Gasteiger partial charge in [-0.25, -0.2) is 9.37 Å². The second-order valence-electron chi connectivity index (χ2n) is 5.43. The quantitative estimate of drug-likeness (QED) is 0.387. The summed E-state index contributed by atoms with van der Waals surface area (Å²) in [5.41, 5.74) is 1.58. The molecule has 5 heteroatoms. The summed E-state index contributed by atoms with van der Waals surface area (Å²) in [6.07, 6.45) is 1.68. The topological polar surface area (TPSA) is 34.9 Å². The molecule has 24 heavy (non-hydrogen) atoms. The fourth-order valence-electron chi connectivity index (χ4n) is 2.49. The van der Waals surface area contributed by atoms with Crippen molar-refractivity contribution in [2.24, 2.45) is 0 Å². The number of para-hydroxylation sites is 1. The SMILES string of the molecule is C=CCn1c(SC(C)c2ccc(F)cc2)nc2ccccc2c1=O. The van der Waals surface area contributed by atoms with E-state index in [1.54, 1.807) is 28.8 Å². The molecule has 1 heterocycles. The molecule has 3 nitrogen and oxygen atoms in total. The van der Waals surface area contributed by atoms with E-state index >= 15 is 0 Å². The van der Waals surface area contributed by atoms with Gasteiger partial charge in [-0.2, -0.15) is 0 Å². The zero-order valence-corrected chi connectivity index (χ0v) is 14.1. The number of rotatable bonds is 5. The molecule has 3 rings (SSSR count). The van der Waals surface area contributed by atoms with Crippen LogP contribution in [0.15, 0.2) is 71.1 Å². The zero-order valence-electron chi connectivity index (χ0n) is 13.3. The lowest BCUT2D eigenvalue weighted by Gasteiger charge is -2.15. The van der Waals surface area contributed by atoms with Gasteiger partial charge in [0.1, 0.15) is 5.82 Å². The fraction of sp³-hybridized carbons (Fsp3) is 0.158. The molecule has 2 aromatic carbocycles. The van der Waals surface area contributed by atoms with Gasteiger partial charge in [0.25, 0.3) is 5.56 Å². The Morgan fingerprint density at radius 2 is 1.96 bits per heavy atom. The first-order valence-corrected chi connectivity index (χ1v) is 8.50. The first kappa shape index (κ1) is 16.5. The molecule has 0 bridgehead atoms. The Labute approximate surface area is 143 Å². The number of allylic oxidation sites excluding steroid dienone is 1. The van der Waals surface area contributed by atoms with E-state index in [0.717, 1.165) is 5.56 Å². The summed E-state index contributed by atoms with van der Waals surface area (Å²) in [6.45, 7) is 6.14. The Hall–Kier alpha value is -2.40. The summed E-state index contributed by atoms with van der Waals surface area (Å²) < 4.78 is 14.7. The maximum absolute atomic E-state index is 13.1. The Kier molecular flexibility index (Phi) is 4.81. The maximum Gasteiger partial charge on any atom is 0.262 e. The van der Waals surface area contributed by atoms with Crippen molar-refractivity contribution in [2.45, 2.75) is 23.9 Å². The first-order valence-electron chi connectivity index (χ1n) is 7.62. The van der Waals surface area contributed by atoms with E-state index in [1.807, 2.05) is 25.1 Å². The molecule has 0 aliphatic carbocycles. The third-order valence-corrected chi connectivity index (χ3v) is 4.91. The van der Waals surface area contributed by atoms with Crippen LogP contribution in [0.2, 0.25) is 0 Å². The molecule has 0 spiro atoms. The summed E-state index contributed by atoms with van der Waals surface area (Å²) >= 11 is 1.48. The Morgan fingerprint density at radius 1 is 1.25 bits per heavy atom.